The van der Waals surface area contributed by atoms with Crippen LogP contribution in [0.5, 0.6) is 0 Å². The lowest BCUT2D eigenvalue weighted by Gasteiger charge is -2.31. The van der Waals surface area contributed by atoms with Gasteiger partial charge in [0, 0.05) is 0 Å². The minimum absolute atomic E-state index is 0.143. The summed E-state index contributed by atoms with van der Waals surface area (Å²) in [6, 6.07) is 0. The van der Waals surface area contributed by atoms with Gasteiger partial charge in [-0.2, -0.15) is 0 Å². The zero-order valence-corrected chi connectivity index (χ0v) is 9.96. The average molecular weight is 219 g/mol. The summed E-state index contributed by atoms with van der Waals surface area (Å²) in [6.07, 6.45) is 0. The predicted octanol–water partition coefficient (Wildman–Crippen LogP) is 1.76. The quantitative estimate of drug-likeness (QED) is 0.384. The molecule has 0 heterocycles. The lowest BCUT2D eigenvalue weighted by atomic mass is 10.5. The van der Waals surface area contributed by atoms with E-state index in [4.69, 9.17) is 24.4 Å². The molecule has 0 unspecified atom stereocenters. The van der Waals surface area contributed by atoms with Gasteiger partial charge >= 0.3 is 5.97 Å². The Morgan fingerprint density at radius 1 is 0.867 bits per heavy atom. The lowest BCUT2D eigenvalue weighted by molar-refractivity contribution is -0.338. The minimum atomic E-state index is -1.48. The van der Waals surface area contributed by atoms with E-state index >= 15 is 0 Å². The topological polar surface area (TPSA) is 60.8 Å². The number of rotatable bonds is 8. The fourth-order valence-electron chi connectivity index (χ4n) is 1.12. The first kappa shape index (κ1) is 14.3. The van der Waals surface area contributed by atoms with Gasteiger partial charge in [-0.05, 0) is 27.7 Å². The molecule has 0 spiro atoms. The van der Waals surface area contributed by atoms with Crippen molar-refractivity contribution in [2.45, 2.75) is 33.7 Å². The van der Waals surface area contributed by atoms with E-state index in [0.717, 1.165) is 0 Å². The maximum absolute atomic E-state index is 7.71. The summed E-state index contributed by atoms with van der Waals surface area (Å²) in [4.78, 5) is 0. The summed E-state index contributed by atoms with van der Waals surface area (Å²) in [7, 11) is 0. The molecule has 0 aliphatic rings. The summed E-state index contributed by atoms with van der Waals surface area (Å²) in [5.74, 6) is -1.62. The molecule has 5 nitrogen and oxygen atoms in total. The van der Waals surface area contributed by atoms with Crippen molar-refractivity contribution in [3.8, 4) is 0 Å². The third-order valence-corrected chi connectivity index (χ3v) is 1.57. The molecule has 0 rings (SSSR count). The zero-order chi connectivity index (χ0) is 11.7. The Balaban J connectivity index is 4.65. The number of hydrogen-bond acceptors (Lipinski definition) is 5. The van der Waals surface area contributed by atoms with Crippen LogP contribution in [0.2, 0.25) is 0 Å². The van der Waals surface area contributed by atoms with Crippen molar-refractivity contribution in [1.82, 2.24) is 0 Å². The Morgan fingerprint density at radius 3 is 1.53 bits per heavy atom. The molecule has 1 N–H and O–H groups in total. The highest BCUT2D eigenvalue weighted by Crippen LogP contribution is 2.18. The molecule has 0 aliphatic heterocycles. The van der Waals surface area contributed by atoms with E-state index in [9.17, 15) is 0 Å². The number of ether oxygens (including phenoxy) is 4. The van der Waals surface area contributed by atoms with Gasteiger partial charge < -0.3 is 18.9 Å². The van der Waals surface area contributed by atoms with Crippen molar-refractivity contribution in [2.24, 2.45) is 0 Å². The monoisotopic (exact) mass is 219 g/mol. The van der Waals surface area contributed by atoms with Crippen LogP contribution in [-0.2, 0) is 18.9 Å². The Bertz CT molecular complexity index is 167. The molecule has 15 heavy (non-hydrogen) atoms. The molecule has 5 heteroatoms. The summed E-state index contributed by atoms with van der Waals surface area (Å²) in [5, 5.41) is 7.71. The van der Waals surface area contributed by atoms with Gasteiger partial charge in [0.25, 0.3) is 5.90 Å². The van der Waals surface area contributed by atoms with Gasteiger partial charge in [0.15, 0.2) is 0 Å². The van der Waals surface area contributed by atoms with Gasteiger partial charge in [-0.3, -0.25) is 5.41 Å². The van der Waals surface area contributed by atoms with Crippen molar-refractivity contribution < 1.29 is 18.9 Å². The Hall–Kier alpha value is -0.650. The van der Waals surface area contributed by atoms with E-state index in [2.05, 4.69) is 0 Å². The molecule has 0 radical (unpaired) electrons. The normalized spacial score (nSPS) is 11.5. The zero-order valence-electron chi connectivity index (χ0n) is 9.96. The second-order valence-corrected chi connectivity index (χ2v) is 2.62. The van der Waals surface area contributed by atoms with E-state index in [1.165, 1.54) is 0 Å². The van der Waals surface area contributed by atoms with E-state index in [1.807, 2.05) is 20.8 Å². The van der Waals surface area contributed by atoms with Crippen LogP contribution in [0.1, 0.15) is 27.7 Å². The molecule has 0 aromatic heterocycles. The number of nitrogens with one attached hydrogen (secondary N) is 1. The van der Waals surface area contributed by atoms with Crippen molar-refractivity contribution in [3.05, 3.63) is 0 Å². The first-order chi connectivity index (χ1) is 7.16. The second-order valence-electron chi connectivity index (χ2n) is 2.62. The summed E-state index contributed by atoms with van der Waals surface area (Å²) >= 11 is 0. The lowest BCUT2D eigenvalue weighted by Crippen LogP contribution is -2.48. The smallest absolute Gasteiger partial charge is 0.364 e. The Morgan fingerprint density at radius 2 is 1.27 bits per heavy atom. The molecular formula is C10H21NO4. The summed E-state index contributed by atoms with van der Waals surface area (Å²) < 4.78 is 21.1. The number of hydrogen-bond donors (Lipinski definition) is 1. The largest absolute Gasteiger partial charge is 0.476 e. The van der Waals surface area contributed by atoms with Crippen LogP contribution in [0.4, 0.5) is 0 Å². The van der Waals surface area contributed by atoms with Crippen molar-refractivity contribution >= 4 is 5.90 Å². The van der Waals surface area contributed by atoms with Crippen LogP contribution < -0.4 is 0 Å². The fourth-order valence-corrected chi connectivity index (χ4v) is 1.12. The summed E-state index contributed by atoms with van der Waals surface area (Å²) in [5.41, 5.74) is 0. The van der Waals surface area contributed by atoms with E-state index in [0.29, 0.717) is 26.4 Å². The maximum atomic E-state index is 7.71. The highest BCUT2D eigenvalue weighted by molar-refractivity contribution is 5.79. The fraction of sp³-hybridized carbons (Fsp3) is 0.900. The molecule has 0 saturated heterocycles. The van der Waals surface area contributed by atoms with Crippen LogP contribution in [0.15, 0.2) is 0 Å². The van der Waals surface area contributed by atoms with Gasteiger partial charge in [0.1, 0.15) is 0 Å². The van der Waals surface area contributed by atoms with Gasteiger partial charge in [-0.25, -0.2) is 0 Å². The minimum Gasteiger partial charge on any atom is -0.476 e. The second kappa shape index (κ2) is 7.62. The standard InChI is InChI=1S/C10H21NO4/c1-5-12-9(11)10(13-6-2,14-7-3)15-8-4/h11H,5-8H2,1-4H3. The van der Waals surface area contributed by atoms with Crippen molar-refractivity contribution in [1.29, 1.82) is 5.41 Å². The van der Waals surface area contributed by atoms with Crippen molar-refractivity contribution in [3.63, 3.8) is 0 Å². The first-order valence-electron chi connectivity index (χ1n) is 5.30. The van der Waals surface area contributed by atoms with Gasteiger partial charge in [-0.15, -0.1) is 0 Å². The first-order valence-corrected chi connectivity index (χ1v) is 5.30. The van der Waals surface area contributed by atoms with Crippen LogP contribution in [0.25, 0.3) is 0 Å². The molecule has 0 atom stereocenters. The van der Waals surface area contributed by atoms with Gasteiger partial charge in [0.2, 0.25) is 0 Å². The van der Waals surface area contributed by atoms with Crippen LogP contribution in [0.3, 0.4) is 0 Å². The highest BCUT2D eigenvalue weighted by atomic mass is 16.9. The summed E-state index contributed by atoms with van der Waals surface area (Å²) in [6.45, 7) is 8.77. The van der Waals surface area contributed by atoms with Crippen LogP contribution in [0, 0.1) is 5.41 Å². The highest BCUT2D eigenvalue weighted by Gasteiger charge is 2.40. The molecule has 0 fully saturated rings. The third kappa shape index (κ3) is 4.15. The van der Waals surface area contributed by atoms with Crippen LogP contribution >= 0.6 is 0 Å². The maximum Gasteiger partial charge on any atom is 0.364 e. The van der Waals surface area contributed by atoms with E-state index in [1.54, 1.807) is 6.92 Å². The van der Waals surface area contributed by atoms with Gasteiger partial charge in [-0.1, -0.05) is 0 Å². The molecule has 0 saturated carbocycles. The average Bonchev–Trinajstić information content (AvgIpc) is 2.19. The third-order valence-electron chi connectivity index (χ3n) is 1.57. The van der Waals surface area contributed by atoms with E-state index < -0.39 is 5.97 Å². The van der Waals surface area contributed by atoms with E-state index in [-0.39, 0.29) is 5.90 Å². The molecule has 0 aromatic carbocycles. The molecule has 0 bridgehead atoms. The molecule has 0 aromatic rings. The molecule has 90 valence electrons. The molecule has 0 aliphatic carbocycles. The van der Waals surface area contributed by atoms with Crippen molar-refractivity contribution in [2.75, 3.05) is 26.4 Å². The Kier molecular flexibility index (Phi) is 7.29. The molecular weight excluding hydrogens is 198 g/mol. The predicted molar refractivity (Wildman–Crippen MR) is 57.0 cm³/mol. The van der Waals surface area contributed by atoms with Gasteiger partial charge in [0.05, 0.1) is 26.4 Å². The van der Waals surface area contributed by atoms with Crippen LogP contribution in [-0.4, -0.2) is 38.3 Å². The SMILES string of the molecule is CCOC(=N)C(OCC)(OCC)OCC. The Labute approximate surface area is 91.2 Å². The molecule has 0 amide bonds.